The number of aromatic hydroxyl groups is 1. The van der Waals surface area contributed by atoms with Crippen molar-refractivity contribution in [2.24, 2.45) is 5.92 Å². The third-order valence-electron chi connectivity index (χ3n) is 7.01. The van der Waals surface area contributed by atoms with E-state index < -0.39 is 29.2 Å². The van der Waals surface area contributed by atoms with Crippen LogP contribution in [0.25, 0.3) is 11.1 Å². The summed E-state index contributed by atoms with van der Waals surface area (Å²) in [5.41, 5.74) is 0.994. The molecule has 0 spiro atoms. The van der Waals surface area contributed by atoms with Crippen molar-refractivity contribution in [3.8, 4) is 22.6 Å². The molecule has 0 amide bonds. The standard InChI is InChI=1S/C29H29F3O4/c1-2-3-25(33)19-8-4-17(5-9-19)22-13-14-23(28(32)27(22)31)18-6-10-20(11-7-18)29(35)36-21-12-15-26(34)24(30)16-21/h6-7,10-17,19,25,33-34H,2-5,8-9H2,1H3. The third-order valence-corrected chi connectivity index (χ3v) is 7.01. The Labute approximate surface area is 208 Å². The quantitative estimate of drug-likeness (QED) is 0.269. The minimum absolute atomic E-state index is 0.0722. The number of aliphatic hydroxyl groups excluding tert-OH is 1. The van der Waals surface area contributed by atoms with Gasteiger partial charge in [0.2, 0.25) is 0 Å². The highest BCUT2D eigenvalue weighted by molar-refractivity contribution is 5.91. The second-order valence-corrected chi connectivity index (χ2v) is 9.38. The number of halogens is 3. The van der Waals surface area contributed by atoms with Gasteiger partial charge in [-0.05, 0) is 79.3 Å². The summed E-state index contributed by atoms with van der Waals surface area (Å²) in [5, 5.41) is 19.5. The number of esters is 1. The normalized spacial score (nSPS) is 18.6. The van der Waals surface area contributed by atoms with E-state index in [-0.39, 0.29) is 34.8 Å². The molecule has 190 valence electrons. The Bertz CT molecular complexity index is 1220. The number of hydrogen-bond acceptors (Lipinski definition) is 4. The van der Waals surface area contributed by atoms with E-state index in [0.29, 0.717) is 24.0 Å². The van der Waals surface area contributed by atoms with E-state index >= 15 is 8.78 Å². The van der Waals surface area contributed by atoms with Gasteiger partial charge in [0.1, 0.15) is 5.75 Å². The minimum Gasteiger partial charge on any atom is -0.505 e. The van der Waals surface area contributed by atoms with E-state index in [1.807, 2.05) is 6.92 Å². The van der Waals surface area contributed by atoms with Gasteiger partial charge in [0, 0.05) is 11.6 Å². The highest BCUT2D eigenvalue weighted by Crippen LogP contribution is 2.40. The van der Waals surface area contributed by atoms with Gasteiger partial charge in [-0.1, -0.05) is 37.6 Å². The molecule has 0 heterocycles. The molecular weight excluding hydrogens is 469 g/mol. The van der Waals surface area contributed by atoms with E-state index in [2.05, 4.69) is 0 Å². The van der Waals surface area contributed by atoms with Gasteiger partial charge in [-0.3, -0.25) is 0 Å². The first-order valence-corrected chi connectivity index (χ1v) is 12.3. The molecule has 1 aliphatic carbocycles. The largest absolute Gasteiger partial charge is 0.505 e. The number of carbonyl (C=O) groups excluding carboxylic acids is 1. The number of rotatable bonds is 7. The van der Waals surface area contributed by atoms with Crippen LogP contribution in [0.5, 0.6) is 11.5 Å². The number of carbonyl (C=O) groups is 1. The maximum atomic E-state index is 15.1. The first kappa shape index (κ1) is 25.8. The van der Waals surface area contributed by atoms with Gasteiger partial charge in [-0.2, -0.15) is 0 Å². The van der Waals surface area contributed by atoms with Gasteiger partial charge in [-0.15, -0.1) is 0 Å². The number of phenols is 1. The second kappa shape index (κ2) is 11.2. The Balaban J connectivity index is 1.45. The second-order valence-electron chi connectivity index (χ2n) is 9.38. The molecule has 3 aromatic carbocycles. The highest BCUT2D eigenvalue weighted by Gasteiger charge is 2.29. The summed E-state index contributed by atoms with van der Waals surface area (Å²) in [7, 11) is 0. The third kappa shape index (κ3) is 5.57. The molecule has 0 aliphatic heterocycles. The molecule has 2 N–H and O–H groups in total. The van der Waals surface area contributed by atoms with Crippen LogP contribution in [-0.2, 0) is 0 Å². The molecule has 0 bridgehead atoms. The number of benzene rings is 3. The lowest BCUT2D eigenvalue weighted by Crippen LogP contribution is -2.25. The first-order chi connectivity index (χ1) is 17.3. The predicted molar refractivity (Wildman–Crippen MR) is 130 cm³/mol. The maximum Gasteiger partial charge on any atom is 0.343 e. The topological polar surface area (TPSA) is 66.8 Å². The van der Waals surface area contributed by atoms with Crippen LogP contribution >= 0.6 is 0 Å². The summed E-state index contributed by atoms with van der Waals surface area (Å²) in [6.45, 7) is 2.04. The SMILES string of the molecule is CCCC(O)C1CCC(c2ccc(-c3ccc(C(=O)Oc4ccc(O)c(F)c4)cc3)c(F)c2F)CC1. The van der Waals surface area contributed by atoms with Crippen molar-refractivity contribution < 1.29 is 32.9 Å². The van der Waals surface area contributed by atoms with Gasteiger partial charge >= 0.3 is 5.97 Å². The van der Waals surface area contributed by atoms with Crippen molar-refractivity contribution in [3.05, 3.63) is 83.2 Å². The van der Waals surface area contributed by atoms with Crippen LogP contribution in [0.3, 0.4) is 0 Å². The highest BCUT2D eigenvalue weighted by atomic mass is 19.2. The lowest BCUT2D eigenvalue weighted by molar-refractivity contribution is 0.0725. The molecule has 0 aromatic heterocycles. The van der Waals surface area contributed by atoms with Crippen LogP contribution in [-0.4, -0.2) is 22.3 Å². The number of phenolic OH excluding ortho intramolecular Hbond substituents is 1. The van der Waals surface area contributed by atoms with Crippen molar-refractivity contribution >= 4 is 5.97 Å². The maximum absolute atomic E-state index is 15.1. The summed E-state index contributed by atoms with van der Waals surface area (Å²) >= 11 is 0. The van der Waals surface area contributed by atoms with Crippen LogP contribution < -0.4 is 4.74 Å². The Kier molecular flexibility index (Phi) is 7.99. The average Bonchev–Trinajstić information content (AvgIpc) is 2.88. The van der Waals surface area contributed by atoms with Gasteiger partial charge < -0.3 is 14.9 Å². The van der Waals surface area contributed by atoms with Crippen LogP contribution in [0, 0.1) is 23.4 Å². The molecule has 1 atom stereocenters. The smallest absolute Gasteiger partial charge is 0.343 e. The molecule has 0 radical (unpaired) electrons. The zero-order valence-electron chi connectivity index (χ0n) is 20.0. The van der Waals surface area contributed by atoms with E-state index in [4.69, 9.17) is 4.74 Å². The molecule has 1 saturated carbocycles. The molecule has 4 rings (SSSR count). The van der Waals surface area contributed by atoms with Crippen molar-refractivity contribution in [1.82, 2.24) is 0 Å². The zero-order chi connectivity index (χ0) is 25.8. The average molecular weight is 499 g/mol. The summed E-state index contributed by atoms with van der Waals surface area (Å²) in [6, 6.07) is 12.2. The van der Waals surface area contributed by atoms with Crippen LogP contribution in [0.4, 0.5) is 13.2 Å². The Morgan fingerprint density at radius 1 is 0.972 bits per heavy atom. The molecule has 1 aliphatic rings. The molecule has 3 aromatic rings. The summed E-state index contributed by atoms with van der Waals surface area (Å²) in [6.07, 6.45) is 4.36. The van der Waals surface area contributed by atoms with Crippen LogP contribution in [0.2, 0.25) is 0 Å². The summed E-state index contributed by atoms with van der Waals surface area (Å²) < 4.78 is 48.7. The van der Waals surface area contributed by atoms with Gasteiger partial charge in [0.05, 0.1) is 11.7 Å². The zero-order valence-corrected chi connectivity index (χ0v) is 20.0. The lowest BCUT2D eigenvalue weighted by Gasteiger charge is -2.32. The fraction of sp³-hybridized carbons (Fsp3) is 0.345. The van der Waals surface area contributed by atoms with E-state index in [9.17, 15) is 19.4 Å². The van der Waals surface area contributed by atoms with Crippen molar-refractivity contribution in [2.45, 2.75) is 57.5 Å². The van der Waals surface area contributed by atoms with E-state index in [1.54, 1.807) is 12.1 Å². The van der Waals surface area contributed by atoms with E-state index in [0.717, 1.165) is 37.8 Å². The molecule has 36 heavy (non-hydrogen) atoms. The van der Waals surface area contributed by atoms with E-state index in [1.165, 1.54) is 30.3 Å². The summed E-state index contributed by atoms with van der Waals surface area (Å²) in [5.74, 6) is -3.97. The number of hydrogen-bond donors (Lipinski definition) is 2. The molecule has 1 fully saturated rings. The molecular formula is C29H29F3O4. The summed E-state index contributed by atoms with van der Waals surface area (Å²) in [4.78, 5) is 12.3. The fourth-order valence-corrected chi connectivity index (χ4v) is 4.95. The van der Waals surface area contributed by atoms with Crippen molar-refractivity contribution in [1.29, 1.82) is 0 Å². The number of ether oxygens (including phenoxy) is 1. The molecule has 4 nitrogen and oxygen atoms in total. The number of aliphatic hydroxyl groups is 1. The van der Waals surface area contributed by atoms with Gasteiger partial charge in [0.15, 0.2) is 23.2 Å². The van der Waals surface area contributed by atoms with Gasteiger partial charge in [-0.25, -0.2) is 18.0 Å². The van der Waals surface area contributed by atoms with Gasteiger partial charge in [0.25, 0.3) is 0 Å². The van der Waals surface area contributed by atoms with Crippen LogP contribution in [0.15, 0.2) is 54.6 Å². The van der Waals surface area contributed by atoms with Crippen molar-refractivity contribution in [3.63, 3.8) is 0 Å². The lowest BCUT2D eigenvalue weighted by atomic mass is 9.75. The Morgan fingerprint density at radius 3 is 2.31 bits per heavy atom. The molecule has 7 heteroatoms. The Hall–Kier alpha value is -3.32. The predicted octanol–water partition coefficient (Wildman–Crippen LogP) is 7.13. The Morgan fingerprint density at radius 2 is 1.67 bits per heavy atom. The monoisotopic (exact) mass is 498 g/mol. The molecule has 1 unspecified atom stereocenters. The first-order valence-electron chi connectivity index (χ1n) is 12.3. The van der Waals surface area contributed by atoms with Crippen molar-refractivity contribution in [2.75, 3.05) is 0 Å². The van der Waals surface area contributed by atoms with Crippen LogP contribution in [0.1, 0.15) is 67.3 Å². The fourth-order valence-electron chi connectivity index (χ4n) is 4.95. The molecule has 0 saturated heterocycles. The minimum atomic E-state index is -0.935.